The molecule has 78 valence electrons. The Kier molecular flexibility index (Phi) is 14.3. The number of aromatic hydroxyl groups is 1. The summed E-state index contributed by atoms with van der Waals surface area (Å²) in [7, 11) is 0. The third-order valence-electron chi connectivity index (χ3n) is 1.71. The number of hydrogen-bond donors (Lipinski definition) is 3. The SMILES string of the molecule is N[C@@H](Cc1ccc(O)cc1)C(=O)O.O.[Na+].[Na+]. The molecule has 0 unspecified atom stereocenters. The number of hydrogen-bond acceptors (Lipinski definition) is 3. The van der Waals surface area contributed by atoms with Gasteiger partial charge in [0.15, 0.2) is 0 Å². The van der Waals surface area contributed by atoms with Crippen molar-refractivity contribution in [1.82, 2.24) is 0 Å². The Bertz CT molecular complexity index is 305. The number of carbonyl (C=O) groups is 1. The van der Waals surface area contributed by atoms with Crippen LogP contribution in [0.25, 0.3) is 0 Å². The number of nitrogens with two attached hydrogens (primary N) is 1. The molecular weight excluding hydrogens is 232 g/mol. The van der Waals surface area contributed by atoms with E-state index < -0.39 is 12.0 Å². The van der Waals surface area contributed by atoms with Crippen molar-refractivity contribution in [3.63, 3.8) is 0 Å². The van der Waals surface area contributed by atoms with E-state index in [1.54, 1.807) is 12.1 Å². The standard InChI is InChI=1S/C9H11NO3.2Na.H2O/c10-8(9(12)13)5-6-1-3-7(11)4-2-6;;;/h1-4,8,11H,5,10H2,(H,12,13);;;1H2/q;2*+1;/t8-;;;/m0.../s1. The van der Waals surface area contributed by atoms with Gasteiger partial charge in [-0.15, -0.1) is 0 Å². The molecule has 0 aromatic heterocycles. The van der Waals surface area contributed by atoms with Crippen LogP contribution >= 0.6 is 0 Å². The van der Waals surface area contributed by atoms with Crippen molar-refractivity contribution >= 4 is 5.97 Å². The van der Waals surface area contributed by atoms with Gasteiger partial charge in [-0.1, -0.05) is 12.1 Å². The van der Waals surface area contributed by atoms with Gasteiger partial charge in [-0.3, -0.25) is 4.79 Å². The summed E-state index contributed by atoms with van der Waals surface area (Å²) in [5.74, 6) is -0.860. The van der Waals surface area contributed by atoms with E-state index in [-0.39, 0.29) is 76.8 Å². The number of carboxylic acid groups (broad SMARTS) is 1. The van der Waals surface area contributed by atoms with Crippen LogP contribution < -0.4 is 64.8 Å². The summed E-state index contributed by atoms with van der Waals surface area (Å²) in [6.07, 6.45) is 0.273. The molecule has 0 amide bonds. The number of aliphatic carboxylic acids is 1. The first kappa shape index (κ1) is 21.7. The maximum absolute atomic E-state index is 10.4. The average molecular weight is 245 g/mol. The molecule has 0 saturated carbocycles. The average Bonchev–Trinajstić information content (AvgIpc) is 2.08. The molecule has 0 aliphatic carbocycles. The van der Waals surface area contributed by atoms with Crippen molar-refractivity contribution in [3.05, 3.63) is 29.8 Å². The molecule has 0 radical (unpaired) electrons. The molecule has 0 spiro atoms. The van der Waals surface area contributed by atoms with Gasteiger partial charge in [0, 0.05) is 0 Å². The smallest absolute Gasteiger partial charge is 0.508 e. The van der Waals surface area contributed by atoms with Crippen LogP contribution in [0, 0.1) is 0 Å². The molecule has 7 heteroatoms. The summed E-state index contributed by atoms with van der Waals surface area (Å²) in [6, 6.07) is 5.42. The molecule has 6 N–H and O–H groups in total. The second-order valence-electron chi connectivity index (χ2n) is 2.82. The predicted octanol–water partition coefficient (Wildman–Crippen LogP) is -6.47. The minimum Gasteiger partial charge on any atom is -0.508 e. The molecule has 1 aromatic carbocycles. The Labute approximate surface area is 138 Å². The maximum Gasteiger partial charge on any atom is 1.00 e. The summed E-state index contributed by atoms with van der Waals surface area (Å²) >= 11 is 0. The first-order chi connectivity index (χ1) is 6.09. The number of carboxylic acids is 1. The summed E-state index contributed by atoms with van der Waals surface area (Å²) in [5, 5.41) is 17.5. The van der Waals surface area contributed by atoms with Crippen LogP contribution in [0.3, 0.4) is 0 Å². The second-order valence-corrected chi connectivity index (χ2v) is 2.82. The van der Waals surface area contributed by atoms with Gasteiger partial charge in [0.05, 0.1) is 0 Å². The topological polar surface area (TPSA) is 115 Å². The first-order valence-corrected chi connectivity index (χ1v) is 3.86. The Morgan fingerprint density at radius 3 is 2.06 bits per heavy atom. The van der Waals surface area contributed by atoms with Gasteiger partial charge >= 0.3 is 65.1 Å². The predicted molar refractivity (Wildman–Crippen MR) is 51.0 cm³/mol. The first-order valence-electron chi connectivity index (χ1n) is 3.86. The van der Waals surface area contributed by atoms with E-state index in [4.69, 9.17) is 15.9 Å². The fourth-order valence-electron chi connectivity index (χ4n) is 0.973. The molecule has 1 rings (SSSR count). The van der Waals surface area contributed by atoms with E-state index in [9.17, 15) is 4.79 Å². The molecule has 0 fully saturated rings. The molecule has 0 saturated heterocycles. The molecule has 0 aliphatic heterocycles. The zero-order chi connectivity index (χ0) is 9.84. The summed E-state index contributed by atoms with van der Waals surface area (Å²) in [5.41, 5.74) is 6.12. The van der Waals surface area contributed by atoms with Crippen molar-refractivity contribution in [3.8, 4) is 5.75 Å². The van der Waals surface area contributed by atoms with E-state index in [1.165, 1.54) is 12.1 Å². The quantitative estimate of drug-likeness (QED) is 0.459. The molecule has 0 heterocycles. The molecule has 1 aromatic rings. The van der Waals surface area contributed by atoms with Gasteiger partial charge in [-0.2, -0.15) is 0 Å². The van der Waals surface area contributed by atoms with Gasteiger partial charge in [0.25, 0.3) is 0 Å². The van der Waals surface area contributed by atoms with E-state index >= 15 is 0 Å². The molecule has 16 heavy (non-hydrogen) atoms. The Morgan fingerprint density at radius 1 is 1.25 bits per heavy atom. The van der Waals surface area contributed by atoms with E-state index in [1.807, 2.05) is 0 Å². The van der Waals surface area contributed by atoms with Crippen LogP contribution in [0.15, 0.2) is 24.3 Å². The molecule has 5 nitrogen and oxygen atoms in total. The van der Waals surface area contributed by atoms with Gasteiger partial charge in [-0.25, -0.2) is 0 Å². The van der Waals surface area contributed by atoms with Crippen LogP contribution in [-0.4, -0.2) is 27.7 Å². The van der Waals surface area contributed by atoms with Crippen LogP contribution in [0.4, 0.5) is 0 Å². The Balaban J connectivity index is -0.000000563. The van der Waals surface area contributed by atoms with Crippen LogP contribution in [0.5, 0.6) is 5.75 Å². The summed E-state index contributed by atoms with van der Waals surface area (Å²) in [6.45, 7) is 0. The second kappa shape index (κ2) is 10.6. The zero-order valence-electron chi connectivity index (χ0n) is 9.47. The fraction of sp³-hybridized carbons (Fsp3) is 0.222. The third-order valence-corrected chi connectivity index (χ3v) is 1.71. The van der Waals surface area contributed by atoms with E-state index in [0.717, 1.165) is 5.56 Å². The number of phenols is 1. The van der Waals surface area contributed by atoms with Gasteiger partial charge in [0.1, 0.15) is 11.8 Å². The molecule has 0 bridgehead atoms. The number of phenolic OH excluding ortho intramolecular Hbond substituents is 1. The summed E-state index contributed by atoms with van der Waals surface area (Å²) < 4.78 is 0. The maximum atomic E-state index is 10.4. The molecular formula is C9H13NNa2O4+2. The summed E-state index contributed by atoms with van der Waals surface area (Å²) in [4.78, 5) is 10.4. The van der Waals surface area contributed by atoms with Crippen molar-refractivity contribution in [1.29, 1.82) is 0 Å². The Morgan fingerprint density at radius 2 is 1.69 bits per heavy atom. The van der Waals surface area contributed by atoms with Crippen molar-refractivity contribution in [2.45, 2.75) is 12.5 Å². The van der Waals surface area contributed by atoms with Crippen molar-refractivity contribution in [2.75, 3.05) is 0 Å². The van der Waals surface area contributed by atoms with Crippen LogP contribution in [0.2, 0.25) is 0 Å². The van der Waals surface area contributed by atoms with Crippen molar-refractivity contribution in [2.24, 2.45) is 5.73 Å². The number of benzene rings is 1. The minimum absolute atomic E-state index is 0. The number of rotatable bonds is 3. The largest absolute Gasteiger partial charge is 1.00 e. The Hall–Kier alpha value is 0.410. The van der Waals surface area contributed by atoms with Crippen LogP contribution in [0.1, 0.15) is 5.56 Å². The normalized spacial score (nSPS) is 10.1. The molecule has 1 atom stereocenters. The minimum atomic E-state index is -1.02. The van der Waals surface area contributed by atoms with Gasteiger partial charge in [-0.05, 0) is 24.1 Å². The van der Waals surface area contributed by atoms with Gasteiger partial charge < -0.3 is 21.4 Å². The zero-order valence-corrected chi connectivity index (χ0v) is 13.5. The van der Waals surface area contributed by atoms with E-state index in [0.29, 0.717) is 0 Å². The van der Waals surface area contributed by atoms with Crippen molar-refractivity contribution < 1.29 is 79.6 Å². The third kappa shape index (κ3) is 7.65. The van der Waals surface area contributed by atoms with Gasteiger partial charge in [0.2, 0.25) is 0 Å². The van der Waals surface area contributed by atoms with E-state index in [2.05, 4.69) is 0 Å². The molecule has 0 aliphatic rings. The monoisotopic (exact) mass is 245 g/mol. The fourth-order valence-corrected chi connectivity index (χ4v) is 0.973. The van der Waals surface area contributed by atoms with Crippen LogP contribution in [-0.2, 0) is 11.2 Å².